The number of nitrogens with zero attached hydrogens (tertiary/aromatic N) is 3. The van der Waals surface area contributed by atoms with Crippen LogP contribution in [0.25, 0.3) is 0 Å². The summed E-state index contributed by atoms with van der Waals surface area (Å²) in [5, 5.41) is 0. The van der Waals surface area contributed by atoms with Gasteiger partial charge in [-0.15, -0.1) is 0 Å². The van der Waals surface area contributed by atoms with Crippen molar-refractivity contribution in [2.75, 3.05) is 26.2 Å². The number of imidazole rings is 1. The zero-order valence-electron chi connectivity index (χ0n) is 13.6. The standard InChI is InChI=1S/C17H19F3N4O/c18-17(19,20)14-4-1-3-13(11-14)16(25)24-8-2-7-23(9-10-24)12-15-21-5-6-22-15/h1,3-6,11H,2,7-10,12H2,(H,21,22). The second kappa shape index (κ2) is 7.26. The average Bonchev–Trinajstić information content (AvgIpc) is 2.98. The van der Waals surface area contributed by atoms with E-state index >= 15 is 0 Å². The van der Waals surface area contributed by atoms with Crippen LogP contribution in [0.3, 0.4) is 0 Å². The highest BCUT2D eigenvalue weighted by molar-refractivity contribution is 5.94. The van der Waals surface area contributed by atoms with Crippen LogP contribution in [0, 0.1) is 0 Å². The molecule has 0 saturated carbocycles. The predicted molar refractivity (Wildman–Crippen MR) is 85.8 cm³/mol. The van der Waals surface area contributed by atoms with Gasteiger partial charge >= 0.3 is 6.18 Å². The molecule has 8 heteroatoms. The lowest BCUT2D eigenvalue weighted by Gasteiger charge is -2.22. The first-order chi connectivity index (χ1) is 11.9. The lowest BCUT2D eigenvalue weighted by Crippen LogP contribution is -2.35. The average molecular weight is 352 g/mol. The Morgan fingerprint density at radius 2 is 2.04 bits per heavy atom. The molecule has 1 N–H and O–H groups in total. The fourth-order valence-electron chi connectivity index (χ4n) is 2.94. The maximum Gasteiger partial charge on any atom is 0.416 e. The van der Waals surface area contributed by atoms with Crippen LogP contribution in [0.4, 0.5) is 13.2 Å². The molecule has 1 fully saturated rings. The molecule has 1 aromatic carbocycles. The molecule has 0 aliphatic carbocycles. The van der Waals surface area contributed by atoms with Crippen molar-refractivity contribution in [1.82, 2.24) is 19.8 Å². The summed E-state index contributed by atoms with van der Waals surface area (Å²) in [5.74, 6) is 0.503. The van der Waals surface area contributed by atoms with E-state index in [0.29, 0.717) is 26.2 Å². The summed E-state index contributed by atoms with van der Waals surface area (Å²) < 4.78 is 38.5. The Hall–Kier alpha value is -2.35. The number of carbonyl (C=O) groups excluding carboxylic acids is 1. The first kappa shape index (κ1) is 17.5. The molecule has 1 aliphatic heterocycles. The van der Waals surface area contributed by atoms with Gasteiger partial charge in [0.05, 0.1) is 12.1 Å². The van der Waals surface area contributed by atoms with Gasteiger partial charge in [0.25, 0.3) is 5.91 Å². The van der Waals surface area contributed by atoms with Crippen molar-refractivity contribution in [3.63, 3.8) is 0 Å². The Labute approximate surface area is 143 Å². The van der Waals surface area contributed by atoms with Crippen LogP contribution in [0.1, 0.15) is 28.2 Å². The Kier molecular flexibility index (Phi) is 5.08. The molecule has 134 valence electrons. The number of H-pyrrole nitrogens is 1. The molecule has 0 spiro atoms. The second-order valence-corrected chi connectivity index (χ2v) is 6.04. The Morgan fingerprint density at radius 3 is 2.76 bits per heavy atom. The maximum absolute atomic E-state index is 12.8. The molecule has 25 heavy (non-hydrogen) atoms. The minimum atomic E-state index is -4.45. The second-order valence-electron chi connectivity index (χ2n) is 6.04. The van der Waals surface area contributed by atoms with Gasteiger partial charge in [-0.3, -0.25) is 9.69 Å². The summed E-state index contributed by atoms with van der Waals surface area (Å²) >= 11 is 0. The summed E-state index contributed by atoms with van der Waals surface area (Å²) in [6.07, 6.45) is -0.229. The summed E-state index contributed by atoms with van der Waals surface area (Å²) in [7, 11) is 0. The SMILES string of the molecule is O=C(c1cccc(C(F)(F)F)c1)N1CCCN(Cc2ncc[nH]2)CC1. The highest BCUT2D eigenvalue weighted by Gasteiger charge is 2.31. The number of aromatic nitrogens is 2. The van der Waals surface area contributed by atoms with Crippen LogP contribution in [-0.4, -0.2) is 51.9 Å². The summed E-state index contributed by atoms with van der Waals surface area (Å²) in [4.78, 5) is 23.6. The van der Waals surface area contributed by atoms with Gasteiger partial charge in [-0.1, -0.05) is 6.07 Å². The molecule has 2 aromatic rings. The minimum absolute atomic E-state index is 0.0781. The third-order valence-electron chi connectivity index (χ3n) is 4.24. The number of benzene rings is 1. The van der Waals surface area contributed by atoms with Crippen molar-refractivity contribution in [1.29, 1.82) is 0 Å². The maximum atomic E-state index is 12.8. The Balaban J connectivity index is 1.65. The zero-order valence-corrected chi connectivity index (χ0v) is 13.6. The fourth-order valence-corrected chi connectivity index (χ4v) is 2.94. The van der Waals surface area contributed by atoms with Gasteiger partial charge in [0, 0.05) is 44.1 Å². The van der Waals surface area contributed by atoms with Crippen molar-refractivity contribution < 1.29 is 18.0 Å². The molecule has 1 saturated heterocycles. The third kappa shape index (κ3) is 4.39. The van der Waals surface area contributed by atoms with Gasteiger partial charge in [0.15, 0.2) is 0 Å². The molecule has 1 aliphatic rings. The van der Waals surface area contributed by atoms with Crippen molar-refractivity contribution in [3.05, 3.63) is 53.6 Å². The largest absolute Gasteiger partial charge is 0.416 e. The molecule has 0 unspecified atom stereocenters. The van der Waals surface area contributed by atoms with E-state index in [1.165, 1.54) is 12.1 Å². The van der Waals surface area contributed by atoms with Crippen molar-refractivity contribution >= 4 is 5.91 Å². The number of aromatic amines is 1. The van der Waals surface area contributed by atoms with E-state index < -0.39 is 11.7 Å². The lowest BCUT2D eigenvalue weighted by atomic mass is 10.1. The molecular formula is C17H19F3N4O. The normalized spacial score (nSPS) is 16.7. The van der Waals surface area contributed by atoms with E-state index in [9.17, 15) is 18.0 Å². The van der Waals surface area contributed by atoms with Crippen LogP contribution in [-0.2, 0) is 12.7 Å². The summed E-state index contributed by atoms with van der Waals surface area (Å²) in [6.45, 7) is 3.15. The van der Waals surface area contributed by atoms with Gasteiger partial charge in [-0.2, -0.15) is 13.2 Å². The molecule has 1 amide bonds. The number of nitrogens with one attached hydrogen (secondary N) is 1. The van der Waals surface area contributed by atoms with E-state index in [-0.39, 0.29) is 11.5 Å². The van der Waals surface area contributed by atoms with E-state index in [0.717, 1.165) is 30.9 Å². The first-order valence-electron chi connectivity index (χ1n) is 8.10. The number of rotatable bonds is 3. The summed E-state index contributed by atoms with van der Waals surface area (Å²) in [6, 6.07) is 4.61. The van der Waals surface area contributed by atoms with Crippen molar-refractivity contribution in [2.45, 2.75) is 19.1 Å². The van der Waals surface area contributed by atoms with E-state index in [1.54, 1.807) is 17.3 Å². The van der Waals surface area contributed by atoms with E-state index in [2.05, 4.69) is 14.9 Å². The number of halogens is 3. The van der Waals surface area contributed by atoms with Gasteiger partial charge < -0.3 is 9.88 Å². The van der Waals surface area contributed by atoms with E-state index in [4.69, 9.17) is 0 Å². The summed E-state index contributed by atoms with van der Waals surface area (Å²) in [5.41, 5.74) is -0.720. The van der Waals surface area contributed by atoms with Gasteiger partial charge in [0.1, 0.15) is 5.82 Å². The third-order valence-corrected chi connectivity index (χ3v) is 4.24. The monoisotopic (exact) mass is 352 g/mol. The molecular weight excluding hydrogens is 333 g/mol. The quantitative estimate of drug-likeness (QED) is 0.924. The molecule has 3 rings (SSSR count). The smallest absolute Gasteiger partial charge is 0.348 e. The molecule has 0 atom stereocenters. The number of alkyl halides is 3. The lowest BCUT2D eigenvalue weighted by molar-refractivity contribution is -0.137. The predicted octanol–water partition coefficient (Wildman–Crippen LogP) is 2.78. The number of amides is 1. The number of hydrogen-bond donors (Lipinski definition) is 1. The van der Waals surface area contributed by atoms with Gasteiger partial charge in [-0.05, 0) is 24.6 Å². The van der Waals surface area contributed by atoms with Gasteiger partial charge in [0.2, 0.25) is 0 Å². The molecule has 0 radical (unpaired) electrons. The number of hydrogen-bond acceptors (Lipinski definition) is 3. The van der Waals surface area contributed by atoms with E-state index in [1.807, 2.05) is 0 Å². The molecule has 1 aromatic heterocycles. The molecule has 0 bridgehead atoms. The Bertz CT molecular complexity index is 715. The highest BCUT2D eigenvalue weighted by atomic mass is 19.4. The Morgan fingerprint density at radius 1 is 1.20 bits per heavy atom. The van der Waals surface area contributed by atoms with Gasteiger partial charge in [-0.25, -0.2) is 4.98 Å². The van der Waals surface area contributed by atoms with Crippen molar-refractivity contribution in [2.24, 2.45) is 0 Å². The van der Waals surface area contributed by atoms with Crippen molar-refractivity contribution in [3.8, 4) is 0 Å². The zero-order chi connectivity index (χ0) is 17.9. The molecule has 5 nitrogen and oxygen atoms in total. The van der Waals surface area contributed by atoms with Crippen LogP contribution in [0.5, 0.6) is 0 Å². The van der Waals surface area contributed by atoms with Crippen LogP contribution < -0.4 is 0 Å². The fraction of sp³-hybridized carbons (Fsp3) is 0.412. The minimum Gasteiger partial charge on any atom is -0.348 e. The first-order valence-corrected chi connectivity index (χ1v) is 8.10. The van der Waals surface area contributed by atoms with Crippen LogP contribution >= 0.6 is 0 Å². The number of carbonyl (C=O) groups is 1. The highest BCUT2D eigenvalue weighted by Crippen LogP contribution is 2.29. The van der Waals surface area contributed by atoms with Crippen LogP contribution in [0.2, 0.25) is 0 Å². The van der Waals surface area contributed by atoms with Crippen LogP contribution in [0.15, 0.2) is 36.7 Å². The molecule has 2 heterocycles. The topological polar surface area (TPSA) is 52.2 Å².